The van der Waals surface area contributed by atoms with E-state index in [1.807, 2.05) is 19.1 Å². The number of hydrogen-bond acceptors (Lipinski definition) is 4. The molecule has 0 aromatic carbocycles. The molecule has 0 saturated heterocycles. The molecule has 0 aliphatic heterocycles. The minimum absolute atomic E-state index is 0.0274. The number of nitrogens with one attached hydrogen (secondary N) is 2. The van der Waals surface area contributed by atoms with Gasteiger partial charge < -0.3 is 15.4 Å². The number of carbonyl (C=O) groups excluding carboxylic acids is 1. The lowest BCUT2D eigenvalue weighted by atomic mass is 10.1. The molecule has 5 heteroatoms. The molecule has 0 bridgehead atoms. The van der Waals surface area contributed by atoms with Gasteiger partial charge in [0.15, 0.2) is 0 Å². The van der Waals surface area contributed by atoms with Gasteiger partial charge >= 0.3 is 0 Å². The predicted octanol–water partition coefficient (Wildman–Crippen LogP) is 0.495. The van der Waals surface area contributed by atoms with Crippen molar-refractivity contribution in [1.82, 2.24) is 15.6 Å². The summed E-state index contributed by atoms with van der Waals surface area (Å²) >= 11 is 0. The Morgan fingerprint density at radius 1 is 1.59 bits per heavy atom. The molecule has 1 atom stereocenters. The largest absolute Gasteiger partial charge is 0.383 e. The van der Waals surface area contributed by atoms with E-state index in [9.17, 15) is 4.79 Å². The average Bonchev–Trinajstić information content (AvgIpc) is 2.36. The zero-order chi connectivity index (χ0) is 12.5. The van der Waals surface area contributed by atoms with Gasteiger partial charge in [-0.2, -0.15) is 0 Å². The Morgan fingerprint density at radius 3 is 3.06 bits per heavy atom. The number of methoxy groups -OCH3 is 1. The number of amides is 1. The molecule has 0 spiro atoms. The molecule has 2 N–H and O–H groups in total. The standard InChI is InChI=1S/C12H19N3O2/c1-10(11-4-3-5-13-8-11)15-12(16)9-14-6-7-17-2/h3-5,8,10,14H,6-7,9H2,1-2H3,(H,15,16)/t10-/m0/s1. The minimum atomic E-state index is -0.0301. The van der Waals surface area contributed by atoms with Gasteiger partial charge in [0.05, 0.1) is 19.2 Å². The van der Waals surface area contributed by atoms with E-state index in [2.05, 4.69) is 15.6 Å². The smallest absolute Gasteiger partial charge is 0.234 e. The Labute approximate surface area is 102 Å². The van der Waals surface area contributed by atoms with Crippen LogP contribution in [0.4, 0.5) is 0 Å². The van der Waals surface area contributed by atoms with Crippen LogP contribution < -0.4 is 10.6 Å². The highest BCUT2D eigenvalue weighted by atomic mass is 16.5. The quantitative estimate of drug-likeness (QED) is 0.678. The maximum Gasteiger partial charge on any atom is 0.234 e. The van der Waals surface area contributed by atoms with Crippen molar-refractivity contribution in [2.24, 2.45) is 0 Å². The molecule has 0 saturated carbocycles. The van der Waals surface area contributed by atoms with Crippen molar-refractivity contribution in [3.63, 3.8) is 0 Å². The van der Waals surface area contributed by atoms with Crippen LogP contribution >= 0.6 is 0 Å². The first-order valence-corrected chi connectivity index (χ1v) is 5.63. The van der Waals surface area contributed by atoms with Crippen molar-refractivity contribution in [3.8, 4) is 0 Å². The summed E-state index contributed by atoms with van der Waals surface area (Å²) in [5, 5.41) is 5.88. The maximum atomic E-state index is 11.6. The summed E-state index contributed by atoms with van der Waals surface area (Å²) in [6.45, 7) is 3.51. The molecule has 94 valence electrons. The van der Waals surface area contributed by atoms with Gasteiger partial charge in [0.2, 0.25) is 5.91 Å². The highest BCUT2D eigenvalue weighted by molar-refractivity contribution is 5.78. The highest BCUT2D eigenvalue weighted by Crippen LogP contribution is 2.08. The average molecular weight is 237 g/mol. The van der Waals surface area contributed by atoms with E-state index in [0.29, 0.717) is 19.7 Å². The van der Waals surface area contributed by atoms with Gasteiger partial charge in [0.25, 0.3) is 0 Å². The number of ether oxygens (including phenoxy) is 1. The number of hydrogen-bond donors (Lipinski definition) is 2. The first kappa shape index (κ1) is 13.6. The van der Waals surface area contributed by atoms with Crippen molar-refractivity contribution in [2.75, 3.05) is 26.8 Å². The van der Waals surface area contributed by atoms with Crippen LogP contribution in [-0.2, 0) is 9.53 Å². The lowest BCUT2D eigenvalue weighted by Crippen LogP contribution is -2.36. The first-order chi connectivity index (χ1) is 8.24. The zero-order valence-electron chi connectivity index (χ0n) is 10.3. The third kappa shape index (κ3) is 5.42. The summed E-state index contributed by atoms with van der Waals surface area (Å²) in [4.78, 5) is 15.6. The SMILES string of the molecule is COCCNCC(=O)N[C@@H](C)c1cccnc1. The number of pyridine rings is 1. The number of aromatic nitrogens is 1. The van der Waals surface area contributed by atoms with E-state index in [1.165, 1.54) is 0 Å². The van der Waals surface area contributed by atoms with Crippen LogP contribution in [-0.4, -0.2) is 37.7 Å². The summed E-state index contributed by atoms with van der Waals surface area (Å²) in [5.74, 6) is -0.0301. The maximum absolute atomic E-state index is 11.6. The molecule has 0 radical (unpaired) electrons. The first-order valence-electron chi connectivity index (χ1n) is 5.63. The third-order valence-electron chi connectivity index (χ3n) is 2.33. The fourth-order valence-electron chi connectivity index (χ4n) is 1.38. The molecule has 1 aromatic heterocycles. The van der Waals surface area contributed by atoms with E-state index in [0.717, 1.165) is 5.56 Å². The second-order valence-corrected chi connectivity index (χ2v) is 3.75. The highest BCUT2D eigenvalue weighted by Gasteiger charge is 2.08. The van der Waals surface area contributed by atoms with Gasteiger partial charge in [-0.25, -0.2) is 0 Å². The van der Waals surface area contributed by atoms with Crippen LogP contribution in [0.15, 0.2) is 24.5 Å². The Hall–Kier alpha value is -1.46. The minimum Gasteiger partial charge on any atom is -0.383 e. The van der Waals surface area contributed by atoms with E-state index >= 15 is 0 Å². The van der Waals surface area contributed by atoms with Crippen molar-refractivity contribution < 1.29 is 9.53 Å². The molecule has 1 rings (SSSR count). The molecule has 0 fully saturated rings. The lowest BCUT2D eigenvalue weighted by molar-refractivity contribution is -0.120. The Bertz CT molecular complexity index is 330. The second kappa shape index (κ2) is 7.76. The van der Waals surface area contributed by atoms with Crippen LogP contribution in [0.3, 0.4) is 0 Å². The summed E-state index contributed by atoms with van der Waals surface area (Å²) in [5.41, 5.74) is 0.998. The van der Waals surface area contributed by atoms with E-state index in [4.69, 9.17) is 4.74 Å². The third-order valence-corrected chi connectivity index (χ3v) is 2.33. The van der Waals surface area contributed by atoms with E-state index in [-0.39, 0.29) is 11.9 Å². The molecule has 0 unspecified atom stereocenters. The fraction of sp³-hybridized carbons (Fsp3) is 0.500. The van der Waals surface area contributed by atoms with Gasteiger partial charge in [-0.3, -0.25) is 9.78 Å². The summed E-state index contributed by atoms with van der Waals surface area (Å²) in [6.07, 6.45) is 3.47. The fourth-order valence-corrected chi connectivity index (χ4v) is 1.38. The Morgan fingerprint density at radius 2 is 2.41 bits per heavy atom. The van der Waals surface area contributed by atoms with Gasteiger partial charge in [-0.1, -0.05) is 6.07 Å². The van der Waals surface area contributed by atoms with Crippen LogP contribution in [0.5, 0.6) is 0 Å². The van der Waals surface area contributed by atoms with E-state index < -0.39 is 0 Å². The molecule has 0 aliphatic rings. The molecule has 0 aliphatic carbocycles. The van der Waals surface area contributed by atoms with Gasteiger partial charge in [-0.15, -0.1) is 0 Å². The summed E-state index contributed by atoms with van der Waals surface area (Å²) in [7, 11) is 1.63. The van der Waals surface area contributed by atoms with Gasteiger partial charge in [0.1, 0.15) is 0 Å². The topological polar surface area (TPSA) is 63.2 Å². The van der Waals surface area contributed by atoms with Crippen LogP contribution in [0.25, 0.3) is 0 Å². The molecule has 1 aromatic rings. The Kier molecular flexibility index (Phi) is 6.21. The lowest BCUT2D eigenvalue weighted by Gasteiger charge is -2.14. The van der Waals surface area contributed by atoms with E-state index in [1.54, 1.807) is 19.5 Å². The zero-order valence-corrected chi connectivity index (χ0v) is 10.3. The van der Waals surface area contributed by atoms with Crippen molar-refractivity contribution in [3.05, 3.63) is 30.1 Å². The summed E-state index contributed by atoms with van der Waals surface area (Å²) in [6, 6.07) is 3.77. The second-order valence-electron chi connectivity index (χ2n) is 3.75. The Balaban J connectivity index is 2.26. The monoisotopic (exact) mass is 237 g/mol. The normalized spacial score (nSPS) is 12.1. The van der Waals surface area contributed by atoms with Crippen molar-refractivity contribution in [1.29, 1.82) is 0 Å². The molecular formula is C12H19N3O2. The molecule has 5 nitrogen and oxygen atoms in total. The van der Waals surface area contributed by atoms with Crippen LogP contribution in [0, 0.1) is 0 Å². The summed E-state index contributed by atoms with van der Waals surface area (Å²) < 4.78 is 4.87. The van der Waals surface area contributed by atoms with Gasteiger partial charge in [0, 0.05) is 26.0 Å². The van der Waals surface area contributed by atoms with Crippen LogP contribution in [0.1, 0.15) is 18.5 Å². The van der Waals surface area contributed by atoms with Gasteiger partial charge in [-0.05, 0) is 18.6 Å². The number of rotatable bonds is 7. The number of nitrogens with zero attached hydrogens (tertiary/aromatic N) is 1. The van der Waals surface area contributed by atoms with Crippen molar-refractivity contribution >= 4 is 5.91 Å². The molecular weight excluding hydrogens is 218 g/mol. The predicted molar refractivity (Wildman–Crippen MR) is 65.5 cm³/mol. The molecule has 1 amide bonds. The van der Waals surface area contributed by atoms with Crippen LogP contribution in [0.2, 0.25) is 0 Å². The molecule has 17 heavy (non-hydrogen) atoms. The molecule has 1 heterocycles. The van der Waals surface area contributed by atoms with Crippen molar-refractivity contribution in [2.45, 2.75) is 13.0 Å². The number of carbonyl (C=O) groups is 1.